The van der Waals surface area contributed by atoms with Crippen LogP contribution in [0.15, 0.2) is 46.5 Å². The summed E-state index contributed by atoms with van der Waals surface area (Å²) >= 11 is 7.38. The first-order valence-corrected chi connectivity index (χ1v) is 7.66. The molecule has 0 unspecified atom stereocenters. The van der Waals surface area contributed by atoms with Crippen molar-refractivity contribution in [3.8, 4) is 0 Å². The van der Waals surface area contributed by atoms with Crippen molar-refractivity contribution in [1.29, 1.82) is 0 Å². The zero-order chi connectivity index (χ0) is 16.2. The van der Waals surface area contributed by atoms with Crippen molar-refractivity contribution in [2.75, 3.05) is 11.7 Å². The third kappa shape index (κ3) is 4.38. The van der Waals surface area contributed by atoms with Crippen LogP contribution in [0.2, 0.25) is 5.02 Å². The van der Waals surface area contributed by atoms with Gasteiger partial charge in [-0.1, -0.05) is 23.7 Å². The standard InChI is InChI=1S/C14H11ClF3N3S/c1-22-11-4-2-9(3-5-11)7-20-21-13-12(15)6-10(8-19-13)14(16,17)18/h2-8H,1H3,(H,19,21)/b20-7+. The average molecular weight is 346 g/mol. The van der Waals surface area contributed by atoms with Gasteiger partial charge in [0.25, 0.3) is 0 Å². The molecule has 0 spiro atoms. The number of nitrogens with zero attached hydrogens (tertiary/aromatic N) is 2. The van der Waals surface area contributed by atoms with E-state index in [2.05, 4.69) is 15.5 Å². The monoisotopic (exact) mass is 345 g/mol. The molecule has 0 amide bonds. The van der Waals surface area contributed by atoms with Crippen molar-refractivity contribution in [1.82, 2.24) is 4.98 Å². The third-order valence-corrected chi connectivity index (χ3v) is 3.70. The molecule has 2 aromatic rings. The van der Waals surface area contributed by atoms with Gasteiger partial charge in [-0.25, -0.2) is 4.98 Å². The van der Waals surface area contributed by atoms with E-state index in [4.69, 9.17) is 11.6 Å². The number of nitrogens with one attached hydrogen (secondary N) is 1. The van der Waals surface area contributed by atoms with E-state index >= 15 is 0 Å². The number of anilines is 1. The molecule has 116 valence electrons. The van der Waals surface area contributed by atoms with Gasteiger partial charge in [0.1, 0.15) is 0 Å². The van der Waals surface area contributed by atoms with Crippen molar-refractivity contribution in [3.05, 3.63) is 52.7 Å². The van der Waals surface area contributed by atoms with E-state index in [0.717, 1.165) is 16.5 Å². The number of halogens is 4. The van der Waals surface area contributed by atoms with E-state index in [0.29, 0.717) is 6.20 Å². The van der Waals surface area contributed by atoms with Crippen LogP contribution in [0, 0.1) is 0 Å². The van der Waals surface area contributed by atoms with E-state index in [1.807, 2.05) is 30.5 Å². The molecule has 1 heterocycles. The fraction of sp³-hybridized carbons (Fsp3) is 0.143. The van der Waals surface area contributed by atoms with E-state index in [-0.39, 0.29) is 10.8 Å². The molecule has 1 aromatic heterocycles. The molecule has 0 fully saturated rings. The summed E-state index contributed by atoms with van der Waals surface area (Å²) in [7, 11) is 0. The molecule has 0 atom stereocenters. The minimum absolute atomic E-state index is 0.0617. The van der Waals surface area contributed by atoms with Gasteiger partial charge in [0.2, 0.25) is 0 Å². The smallest absolute Gasteiger partial charge is 0.260 e. The largest absolute Gasteiger partial charge is 0.417 e. The molecule has 0 bridgehead atoms. The van der Waals surface area contributed by atoms with Crippen molar-refractivity contribution in [3.63, 3.8) is 0 Å². The fourth-order valence-corrected chi connectivity index (χ4v) is 2.15. The van der Waals surface area contributed by atoms with Crippen LogP contribution in [0.5, 0.6) is 0 Å². The SMILES string of the molecule is CSc1ccc(/C=N/Nc2ncc(C(F)(F)F)cc2Cl)cc1. The zero-order valence-electron chi connectivity index (χ0n) is 11.4. The summed E-state index contributed by atoms with van der Waals surface area (Å²) in [5, 5.41) is 3.76. The number of alkyl halides is 3. The van der Waals surface area contributed by atoms with Gasteiger partial charge in [-0.2, -0.15) is 18.3 Å². The normalized spacial score (nSPS) is 11.9. The van der Waals surface area contributed by atoms with Crippen LogP contribution in [0.4, 0.5) is 19.0 Å². The first kappa shape index (κ1) is 16.6. The molecular formula is C14H11ClF3N3S. The Labute approximate surface area is 134 Å². The lowest BCUT2D eigenvalue weighted by molar-refractivity contribution is -0.137. The Hall–Kier alpha value is -1.73. The summed E-state index contributed by atoms with van der Waals surface area (Å²) in [4.78, 5) is 4.75. The highest BCUT2D eigenvalue weighted by molar-refractivity contribution is 7.98. The van der Waals surface area contributed by atoms with Crippen LogP contribution in [0.3, 0.4) is 0 Å². The minimum atomic E-state index is -4.47. The number of hydrogen-bond donors (Lipinski definition) is 1. The highest BCUT2D eigenvalue weighted by atomic mass is 35.5. The summed E-state index contributed by atoms with van der Waals surface area (Å²) in [5.74, 6) is 0.0617. The number of pyridine rings is 1. The zero-order valence-corrected chi connectivity index (χ0v) is 12.9. The molecule has 0 aliphatic heterocycles. The number of rotatable bonds is 4. The second-order valence-electron chi connectivity index (χ2n) is 4.20. The minimum Gasteiger partial charge on any atom is -0.260 e. The van der Waals surface area contributed by atoms with Gasteiger partial charge >= 0.3 is 6.18 Å². The molecular weight excluding hydrogens is 335 g/mol. The van der Waals surface area contributed by atoms with Crippen LogP contribution in [-0.2, 0) is 6.18 Å². The number of thioether (sulfide) groups is 1. The lowest BCUT2D eigenvalue weighted by atomic mass is 10.2. The van der Waals surface area contributed by atoms with Gasteiger partial charge in [0.05, 0.1) is 16.8 Å². The predicted molar refractivity (Wildman–Crippen MR) is 83.7 cm³/mol. The Balaban J connectivity index is 2.06. The molecule has 8 heteroatoms. The first-order chi connectivity index (χ1) is 10.4. The number of benzene rings is 1. The van der Waals surface area contributed by atoms with Crippen molar-refractivity contribution >= 4 is 35.4 Å². The topological polar surface area (TPSA) is 37.3 Å². The summed E-state index contributed by atoms with van der Waals surface area (Å²) in [6.07, 6.45) is -0.267. The Kier molecular flexibility index (Phi) is 5.31. The molecule has 0 saturated heterocycles. The van der Waals surface area contributed by atoms with Gasteiger partial charge in [0, 0.05) is 11.1 Å². The fourth-order valence-electron chi connectivity index (χ4n) is 1.53. The second kappa shape index (κ2) is 7.02. The Morgan fingerprint density at radius 2 is 1.95 bits per heavy atom. The molecule has 1 aromatic carbocycles. The van der Waals surface area contributed by atoms with E-state index in [9.17, 15) is 13.2 Å². The molecule has 0 radical (unpaired) electrons. The van der Waals surface area contributed by atoms with E-state index < -0.39 is 11.7 Å². The van der Waals surface area contributed by atoms with Crippen molar-refractivity contribution in [2.24, 2.45) is 5.10 Å². The Morgan fingerprint density at radius 3 is 2.50 bits per heavy atom. The molecule has 2 rings (SSSR count). The van der Waals surface area contributed by atoms with E-state index in [1.54, 1.807) is 11.8 Å². The van der Waals surface area contributed by atoms with Crippen LogP contribution in [0.25, 0.3) is 0 Å². The molecule has 1 N–H and O–H groups in total. The summed E-state index contributed by atoms with van der Waals surface area (Å²) in [6.45, 7) is 0. The van der Waals surface area contributed by atoms with E-state index in [1.165, 1.54) is 6.21 Å². The predicted octanol–water partition coefficient (Wildman–Crippen LogP) is 4.92. The lowest BCUT2D eigenvalue weighted by Gasteiger charge is -2.08. The Morgan fingerprint density at radius 1 is 1.27 bits per heavy atom. The quantitative estimate of drug-likeness (QED) is 0.485. The highest BCUT2D eigenvalue weighted by Gasteiger charge is 2.31. The second-order valence-corrected chi connectivity index (χ2v) is 5.48. The van der Waals surface area contributed by atoms with Crippen molar-refractivity contribution in [2.45, 2.75) is 11.1 Å². The maximum Gasteiger partial charge on any atom is 0.417 e. The molecule has 0 aliphatic carbocycles. The van der Waals surface area contributed by atoms with Gasteiger partial charge in [0.15, 0.2) is 5.82 Å². The van der Waals surface area contributed by atoms with Crippen molar-refractivity contribution < 1.29 is 13.2 Å². The Bertz CT molecular complexity index is 672. The molecule has 0 saturated carbocycles. The summed E-state index contributed by atoms with van der Waals surface area (Å²) in [6, 6.07) is 8.43. The molecule has 0 aliphatic rings. The van der Waals surface area contributed by atoms with Crippen LogP contribution < -0.4 is 5.43 Å². The highest BCUT2D eigenvalue weighted by Crippen LogP contribution is 2.32. The number of aromatic nitrogens is 1. The van der Waals surface area contributed by atoms with Crippen LogP contribution >= 0.6 is 23.4 Å². The maximum atomic E-state index is 12.5. The average Bonchev–Trinajstić information content (AvgIpc) is 2.48. The lowest BCUT2D eigenvalue weighted by Crippen LogP contribution is -2.06. The molecule has 22 heavy (non-hydrogen) atoms. The van der Waals surface area contributed by atoms with Gasteiger partial charge < -0.3 is 0 Å². The summed E-state index contributed by atoms with van der Waals surface area (Å²) < 4.78 is 37.5. The summed E-state index contributed by atoms with van der Waals surface area (Å²) in [5.41, 5.74) is 2.46. The van der Waals surface area contributed by atoms with Gasteiger partial charge in [-0.05, 0) is 30.0 Å². The van der Waals surface area contributed by atoms with Crippen LogP contribution in [-0.4, -0.2) is 17.5 Å². The molecule has 3 nitrogen and oxygen atoms in total. The maximum absolute atomic E-state index is 12.5. The van der Waals surface area contributed by atoms with Crippen LogP contribution in [0.1, 0.15) is 11.1 Å². The number of hydrazone groups is 1. The van der Waals surface area contributed by atoms with Gasteiger partial charge in [-0.15, -0.1) is 11.8 Å². The van der Waals surface area contributed by atoms with Gasteiger partial charge in [-0.3, -0.25) is 5.43 Å². The first-order valence-electron chi connectivity index (χ1n) is 6.06. The third-order valence-electron chi connectivity index (χ3n) is 2.67. The number of hydrogen-bond acceptors (Lipinski definition) is 4.